The minimum absolute atomic E-state index is 0.248. The Labute approximate surface area is 139 Å². The fourth-order valence-corrected chi connectivity index (χ4v) is 3.34. The van der Waals surface area contributed by atoms with Crippen LogP contribution in [0.3, 0.4) is 0 Å². The van der Waals surface area contributed by atoms with Crippen molar-refractivity contribution in [3.05, 3.63) is 28.7 Å². The lowest BCUT2D eigenvalue weighted by Crippen LogP contribution is -2.30. The Hall–Kier alpha value is -1.12. The third-order valence-corrected chi connectivity index (χ3v) is 4.78. The van der Waals surface area contributed by atoms with E-state index in [0.717, 1.165) is 14.6 Å². The summed E-state index contributed by atoms with van der Waals surface area (Å²) in [7, 11) is 0. The molecule has 0 spiro atoms. The van der Waals surface area contributed by atoms with Crippen LogP contribution in [0, 0.1) is 0 Å². The molecule has 112 valence electrons. The van der Waals surface area contributed by atoms with Crippen molar-refractivity contribution in [2.45, 2.75) is 24.3 Å². The summed E-state index contributed by atoms with van der Waals surface area (Å²) in [5, 5.41) is 11.1. The fraction of sp³-hybridized carbons (Fsp3) is 0.308. The van der Waals surface area contributed by atoms with Gasteiger partial charge in [-0.2, -0.15) is 0 Å². The highest BCUT2D eigenvalue weighted by Gasteiger charge is 2.17. The Morgan fingerprint density at radius 1 is 1.43 bits per heavy atom. The topological polar surface area (TPSA) is 64.1 Å². The average molecular weight is 388 g/mol. The van der Waals surface area contributed by atoms with E-state index in [2.05, 4.69) is 31.4 Å². The smallest absolute Gasteiger partial charge is 0.266 e. The van der Waals surface area contributed by atoms with E-state index in [9.17, 15) is 4.79 Å². The molecule has 5 nitrogen and oxygen atoms in total. The van der Waals surface area contributed by atoms with E-state index in [0.29, 0.717) is 10.9 Å². The summed E-state index contributed by atoms with van der Waals surface area (Å²) in [6, 6.07) is 7.32. The molecule has 2 aromatic rings. The Kier molecular flexibility index (Phi) is 6.01. The number of hydrogen-bond acceptors (Lipinski definition) is 6. The van der Waals surface area contributed by atoms with E-state index < -0.39 is 6.10 Å². The molecule has 2 rings (SSSR count). The minimum Gasteiger partial charge on any atom is -0.481 e. The minimum atomic E-state index is -0.614. The molecule has 0 aliphatic rings. The summed E-state index contributed by atoms with van der Waals surface area (Å²) in [4.78, 5) is 12.0. The van der Waals surface area contributed by atoms with E-state index >= 15 is 0 Å². The number of anilines is 1. The SMILES string of the molecule is CCSc1nnc(NC(=O)C(C)Oc2ccc(Br)cc2)s1. The van der Waals surface area contributed by atoms with Crippen molar-refractivity contribution < 1.29 is 9.53 Å². The van der Waals surface area contributed by atoms with Crippen molar-refractivity contribution in [3.63, 3.8) is 0 Å². The molecule has 0 bridgehead atoms. The standard InChI is InChI=1S/C13H14BrN3O2S2/c1-3-20-13-17-16-12(21-13)15-11(18)8(2)19-10-6-4-9(14)5-7-10/h4-8H,3H2,1-2H3,(H,15,16,18). The Bertz CT molecular complexity index is 604. The molecule has 8 heteroatoms. The molecule has 0 aliphatic heterocycles. The molecule has 0 saturated carbocycles. The largest absolute Gasteiger partial charge is 0.481 e. The highest BCUT2D eigenvalue weighted by atomic mass is 79.9. The molecule has 1 N–H and O–H groups in total. The van der Waals surface area contributed by atoms with E-state index in [-0.39, 0.29) is 5.91 Å². The first-order valence-corrected chi connectivity index (χ1v) is 8.87. The van der Waals surface area contributed by atoms with Gasteiger partial charge in [0.15, 0.2) is 10.4 Å². The van der Waals surface area contributed by atoms with Crippen molar-refractivity contribution >= 4 is 50.1 Å². The predicted molar refractivity (Wildman–Crippen MR) is 89.2 cm³/mol. The van der Waals surface area contributed by atoms with Gasteiger partial charge in [-0.15, -0.1) is 10.2 Å². The van der Waals surface area contributed by atoms with Crippen molar-refractivity contribution in [2.75, 3.05) is 11.1 Å². The number of nitrogens with one attached hydrogen (secondary N) is 1. The molecule has 21 heavy (non-hydrogen) atoms. The molecule has 0 aliphatic carbocycles. The molecule has 1 unspecified atom stereocenters. The van der Waals surface area contributed by atoms with Crippen molar-refractivity contribution in [1.29, 1.82) is 0 Å². The van der Waals surface area contributed by atoms with Gasteiger partial charge in [0.1, 0.15) is 5.75 Å². The predicted octanol–water partition coefficient (Wildman–Crippen LogP) is 3.82. The van der Waals surface area contributed by atoms with Crippen LogP contribution in [0.2, 0.25) is 0 Å². The molecule has 0 saturated heterocycles. The molecular formula is C13H14BrN3O2S2. The van der Waals surface area contributed by atoms with Crippen molar-refractivity contribution in [2.24, 2.45) is 0 Å². The van der Waals surface area contributed by atoms with Gasteiger partial charge in [-0.25, -0.2) is 0 Å². The van der Waals surface area contributed by atoms with Crippen LogP contribution in [0.15, 0.2) is 33.1 Å². The lowest BCUT2D eigenvalue weighted by Gasteiger charge is -2.13. The second-order valence-electron chi connectivity index (χ2n) is 4.01. The molecule has 0 fully saturated rings. The highest BCUT2D eigenvalue weighted by Crippen LogP contribution is 2.25. The van der Waals surface area contributed by atoms with Crippen LogP contribution in [0.1, 0.15) is 13.8 Å². The summed E-state index contributed by atoms with van der Waals surface area (Å²) in [5.41, 5.74) is 0. The summed E-state index contributed by atoms with van der Waals surface area (Å²) < 4.78 is 7.38. The summed E-state index contributed by atoms with van der Waals surface area (Å²) in [5.74, 6) is 1.31. The van der Waals surface area contributed by atoms with Crippen LogP contribution < -0.4 is 10.1 Å². The van der Waals surface area contributed by atoms with E-state index in [1.807, 2.05) is 19.1 Å². The first kappa shape index (κ1) is 16.3. The number of hydrogen-bond donors (Lipinski definition) is 1. The number of ether oxygens (including phenoxy) is 1. The van der Waals surface area contributed by atoms with Gasteiger partial charge in [-0.3, -0.25) is 10.1 Å². The van der Waals surface area contributed by atoms with Crippen molar-refractivity contribution in [3.8, 4) is 5.75 Å². The van der Waals surface area contributed by atoms with Gasteiger partial charge >= 0.3 is 0 Å². The summed E-state index contributed by atoms with van der Waals surface area (Å²) >= 11 is 6.30. The normalized spacial score (nSPS) is 12.0. The number of amides is 1. The lowest BCUT2D eigenvalue weighted by molar-refractivity contribution is -0.122. The van der Waals surface area contributed by atoms with Gasteiger partial charge in [-0.05, 0) is 36.9 Å². The van der Waals surface area contributed by atoms with Gasteiger partial charge in [0.05, 0.1) is 0 Å². The third-order valence-electron chi connectivity index (χ3n) is 2.40. The van der Waals surface area contributed by atoms with Crippen LogP contribution in [0.5, 0.6) is 5.75 Å². The van der Waals surface area contributed by atoms with Crippen LogP contribution in [0.25, 0.3) is 0 Å². The van der Waals surface area contributed by atoms with Gasteiger partial charge < -0.3 is 4.74 Å². The van der Waals surface area contributed by atoms with E-state index in [1.54, 1.807) is 30.8 Å². The highest BCUT2D eigenvalue weighted by molar-refractivity contribution is 9.10. The number of carbonyl (C=O) groups is 1. The van der Waals surface area contributed by atoms with Gasteiger partial charge in [0.2, 0.25) is 5.13 Å². The number of nitrogens with zero attached hydrogens (tertiary/aromatic N) is 2. The molecule has 1 amide bonds. The van der Waals surface area contributed by atoms with Crippen molar-refractivity contribution in [1.82, 2.24) is 10.2 Å². The number of thioether (sulfide) groups is 1. The first-order valence-electron chi connectivity index (χ1n) is 6.28. The van der Waals surface area contributed by atoms with Gasteiger partial charge in [0.25, 0.3) is 5.91 Å². The maximum Gasteiger partial charge on any atom is 0.266 e. The maximum absolute atomic E-state index is 12.0. The summed E-state index contributed by atoms with van der Waals surface area (Å²) in [6.07, 6.45) is -0.614. The van der Waals surface area contributed by atoms with Crippen LogP contribution in [-0.4, -0.2) is 28.0 Å². The summed E-state index contributed by atoms with van der Waals surface area (Å²) in [6.45, 7) is 3.73. The van der Waals surface area contributed by atoms with Crippen LogP contribution >= 0.6 is 39.0 Å². The van der Waals surface area contributed by atoms with Gasteiger partial charge in [-0.1, -0.05) is 46.0 Å². The van der Waals surface area contributed by atoms with Crippen LogP contribution in [0.4, 0.5) is 5.13 Å². The zero-order chi connectivity index (χ0) is 15.2. The maximum atomic E-state index is 12.0. The number of halogens is 1. The Morgan fingerprint density at radius 2 is 2.14 bits per heavy atom. The first-order chi connectivity index (χ1) is 10.1. The zero-order valence-corrected chi connectivity index (χ0v) is 14.7. The Morgan fingerprint density at radius 3 is 2.81 bits per heavy atom. The number of rotatable bonds is 6. The fourth-order valence-electron chi connectivity index (χ4n) is 1.42. The number of aromatic nitrogens is 2. The molecule has 1 atom stereocenters. The Balaban J connectivity index is 1.90. The monoisotopic (exact) mass is 387 g/mol. The molecule has 1 aromatic heterocycles. The third kappa shape index (κ3) is 4.98. The molecular weight excluding hydrogens is 374 g/mol. The van der Waals surface area contributed by atoms with Gasteiger partial charge in [0, 0.05) is 4.47 Å². The molecule has 0 radical (unpaired) electrons. The number of carbonyl (C=O) groups excluding carboxylic acids is 1. The quantitative estimate of drug-likeness (QED) is 0.602. The van der Waals surface area contributed by atoms with Crippen LogP contribution in [-0.2, 0) is 4.79 Å². The second kappa shape index (κ2) is 7.77. The van der Waals surface area contributed by atoms with E-state index in [4.69, 9.17) is 4.74 Å². The zero-order valence-electron chi connectivity index (χ0n) is 11.5. The van der Waals surface area contributed by atoms with E-state index in [1.165, 1.54) is 11.3 Å². The average Bonchev–Trinajstić information content (AvgIpc) is 2.89. The lowest BCUT2D eigenvalue weighted by atomic mass is 10.3. The molecule has 1 heterocycles. The number of benzene rings is 1. The second-order valence-corrected chi connectivity index (χ2v) is 7.41. The molecule has 1 aromatic carbocycles.